The van der Waals surface area contributed by atoms with Crippen LogP contribution in [0.4, 0.5) is 0 Å². The third-order valence-corrected chi connectivity index (χ3v) is 5.02. The van der Waals surface area contributed by atoms with Crippen molar-refractivity contribution in [1.82, 2.24) is 10.2 Å². The van der Waals surface area contributed by atoms with Crippen LogP contribution in [0, 0.1) is 6.92 Å². The van der Waals surface area contributed by atoms with Crippen LogP contribution < -0.4 is 5.32 Å². The molecule has 25 heavy (non-hydrogen) atoms. The van der Waals surface area contributed by atoms with Crippen LogP contribution in [-0.4, -0.2) is 28.8 Å². The lowest BCUT2D eigenvalue weighted by molar-refractivity contribution is -0.141. The molecule has 138 valence electrons. The van der Waals surface area contributed by atoms with Gasteiger partial charge >= 0.3 is 0 Å². The Bertz CT molecular complexity index is 562. The molecule has 1 N–H and O–H groups in total. The Morgan fingerprint density at radius 2 is 1.80 bits per heavy atom. The third kappa shape index (κ3) is 5.58. The summed E-state index contributed by atoms with van der Waals surface area (Å²) in [5.74, 6) is 0.0717. The highest BCUT2D eigenvalue weighted by Gasteiger charge is 2.30. The van der Waals surface area contributed by atoms with Crippen molar-refractivity contribution in [1.29, 1.82) is 0 Å². The second-order valence-electron chi connectivity index (χ2n) is 7.17. The average Bonchev–Trinajstić information content (AvgIpc) is 3.09. The minimum atomic E-state index is -0.388. The van der Waals surface area contributed by atoms with Crippen molar-refractivity contribution >= 4 is 11.8 Å². The van der Waals surface area contributed by atoms with E-state index in [1.54, 1.807) is 4.90 Å². The van der Waals surface area contributed by atoms with Crippen LogP contribution in [0.1, 0.15) is 69.9 Å². The highest BCUT2D eigenvalue weighted by molar-refractivity contribution is 5.87. The molecule has 1 saturated carbocycles. The molecule has 1 atom stereocenters. The molecular weight excluding hydrogens is 312 g/mol. The zero-order chi connectivity index (χ0) is 18.2. The van der Waals surface area contributed by atoms with Crippen molar-refractivity contribution < 1.29 is 9.59 Å². The van der Waals surface area contributed by atoms with Crippen LogP contribution in [0.25, 0.3) is 0 Å². The van der Waals surface area contributed by atoms with Crippen LogP contribution >= 0.6 is 0 Å². The molecule has 2 rings (SSSR count). The maximum absolute atomic E-state index is 12.8. The molecule has 0 saturated heterocycles. The van der Waals surface area contributed by atoms with Crippen molar-refractivity contribution in [3.8, 4) is 0 Å². The average molecular weight is 344 g/mol. The van der Waals surface area contributed by atoms with E-state index < -0.39 is 0 Å². The topological polar surface area (TPSA) is 49.4 Å². The predicted molar refractivity (Wildman–Crippen MR) is 101 cm³/mol. The minimum absolute atomic E-state index is 0.00552. The molecule has 4 nitrogen and oxygen atoms in total. The van der Waals surface area contributed by atoms with Gasteiger partial charge in [0.2, 0.25) is 11.8 Å². The van der Waals surface area contributed by atoms with E-state index in [2.05, 4.69) is 17.4 Å². The number of hydrogen-bond donors (Lipinski definition) is 1. The Balaban J connectivity index is 2.13. The van der Waals surface area contributed by atoms with Gasteiger partial charge in [0, 0.05) is 19.0 Å². The van der Waals surface area contributed by atoms with E-state index in [0.717, 1.165) is 24.8 Å². The number of aryl methyl sites for hydroxylation is 1. The fourth-order valence-corrected chi connectivity index (χ4v) is 3.53. The maximum Gasteiger partial charge on any atom is 0.243 e. The molecule has 0 radical (unpaired) electrons. The first kappa shape index (κ1) is 19.5. The largest absolute Gasteiger partial charge is 0.352 e. The lowest BCUT2D eigenvalue weighted by atomic mass is 10.1. The lowest BCUT2D eigenvalue weighted by Gasteiger charge is -2.31. The first-order valence-corrected chi connectivity index (χ1v) is 9.70. The van der Waals surface area contributed by atoms with Gasteiger partial charge in [0.25, 0.3) is 0 Å². The minimum Gasteiger partial charge on any atom is -0.352 e. The maximum atomic E-state index is 12.8. The first-order valence-electron chi connectivity index (χ1n) is 9.70. The number of hydrogen-bond acceptors (Lipinski definition) is 2. The Morgan fingerprint density at radius 1 is 1.16 bits per heavy atom. The summed E-state index contributed by atoms with van der Waals surface area (Å²) in [5, 5.41) is 3.17. The summed E-state index contributed by atoms with van der Waals surface area (Å²) in [4.78, 5) is 27.3. The highest BCUT2D eigenvalue weighted by atomic mass is 16.2. The molecule has 0 bridgehead atoms. The van der Waals surface area contributed by atoms with E-state index in [0.29, 0.717) is 19.4 Å². The summed E-state index contributed by atoms with van der Waals surface area (Å²) in [7, 11) is 0. The normalized spacial score (nSPS) is 15.8. The fraction of sp³-hybridized carbons (Fsp3) is 0.619. The van der Waals surface area contributed by atoms with E-state index in [9.17, 15) is 9.59 Å². The number of rotatable bonds is 8. The highest BCUT2D eigenvalue weighted by Crippen LogP contribution is 2.19. The van der Waals surface area contributed by atoms with Crippen LogP contribution in [-0.2, 0) is 16.1 Å². The van der Waals surface area contributed by atoms with Gasteiger partial charge in [-0.2, -0.15) is 0 Å². The zero-order valence-corrected chi connectivity index (χ0v) is 15.9. The monoisotopic (exact) mass is 344 g/mol. The molecule has 0 unspecified atom stereocenters. The molecule has 0 spiro atoms. The molecule has 0 aromatic heterocycles. The lowest BCUT2D eigenvalue weighted by Crippen LogP contribution is -2.50. The van der Waals surface area contributed by atoms with E-state index in [1.165, 1.54) is 18.4 Å². The zero-order valence-electron chi connectivity index (χ0n) is 15.9. The summed E-state index contributed by atoms with van der Waals surface area (Å²) in [5.41, 5.74) is 2.27. The van der Waals surface area contributed by atoms with Crippen LogP contribution in [0.3, 0.4) is 0 Å². The second-order valence-corrected chi connectivity index (χ2v) is 7.17. The van der Waals surface area contributed by atoms with Crippen molar-refractivity contribution in [2.45, 2.75) is 84.3 Å². The van der Waals surface area contributed by atoms with Crippen LogP contribution in [0.2, 0.25) is 0 Å². The van der Waals surface area contributed by atoms with Crippen molar-refractivity contribution in [2.24, 2.45) is 0 Å². The number of benzene rings is 1. The summed E-state index contributed by atoms with van der Waals surface area (Å²) in [6.45, 7) is 6.53. The van der Waals surface area contributed by atoms with Gasteiger partial charge in [-0.15, -0.1) is 0 Å². The third-order valence-electron chi connectivity index (χ3n) is 5.02. The number of carbonyl (C=O) groups is 2. The summed E-state index contributed by atoms with van der Waals surface area (Å²) < 4.78 is 0. The summed E-state index contributed by atoms with van der Waals surface area (Å²) >= 11 is 0. The Hall–Kier alpha value is -1.84. The van der Waals surface area contributed by atoms with Gasteiger partial charge in [-0.05, 0) is 38.2 Å². The molecule has 1 fully saturated rings. The molecule has 1 aliphatic carbocycles. The molecular formula is C21H32N2O2. The second kappa shape index (κ2) is 9.59. The first-order chi connectivity index (χ1) is 12.0. The van der Waals surface area contributed by atoms with Crippen LogP contribution in [0.5, 0.6) is 0 Å². The van der Waals surface area contributed by atoms with Gasteiger partial charge in [-0.3, -0.25) is 9.59 Å². The van der Waals surface area contributed by atoms with Gasteiger partial charge in [-0.1, -0.05) is 56.5 Å². The standard InChI is InChI=1S/C21H32N2O2/c1-4-8-20(24)23(15-17-13-11-16(3)12-14-17)19(5-2)21(25)22-18-9-6-7-10-18/h11-14,18-19H,4-10,15H2,1-3H3,(H,22,25)/t19-/m1/s1. The van der Waals surface area contributed by atoms with Crippen LogP contribution in [0.15, 0.2) is 24.3 Å². The number of amides is 2. The van der Waals surface area contributed by atoms with Gasteiger partial charge in [-0.25, -0.2) is 0 Å². The van der Waals surface area contributed by atoms with E-state index in [1.807, 2.05) is 32.9 Å². The van der Waals surface area contributed by atoms with Gasteiger partial charge < -0.3 is 10.2 Å². The van der Waals surface area contributed by atoms with E-state index in [4.69, 9.17) is 0 Å². The predicted octanol–water partition coefficient (Wildman–Crippen LogP) is 3.96. The Morgan fingerprint density at radius 3 is 2.36 bits per heavy atom. The Labute approximate surface area is 152 Å². The summed E-state index contributed by atoms with van der Waals surface area (Å²) in [6.07, 6.45) is 6.40. The smallest absolute Gasteiger partial charge is 0.243 e. The van der Waals surface area contributed by atoms with Crippen molar-refractivity contribution in [2.75, 3.05) is 0 Å². The van der Waals surface area contributed by atoms with E-state index in [-0.39, 0.29) is 23.9 Å². The van der Waals surface area contributed by atoms with Crippen molar-refractivity contribution in [3.05, 3.63) is 35.4 Å². The van der Waals surface area contributed by atoms with Gasteiger partial charge in [0.1, 0.15) is 6.04 Å². The summed E-state index contributed by atoms with van der Waals surface area (Å²) in [6, 6.07) is 8.09. The molecule has 1 aromatic carbocycles. The molecule has 0 aliphatic heterocycles. The molecule has 4 heteroatoms. The fourth-order valence-electron chi connectivity index (χ4n) is 3.53. The Kier molecular flexibility index (Phi) is 7.48. The van der Waals surface area contributed by atoms with Gasteiger partial charge in [0.05, 0.1) is 0 Å². The SMILES string of the molecule is CCCC(=O)N(Cc1ccc(C)cc1)[C@H](CC)C(=O)NC1CCCC1. The number of nitrogens with one attached hydrogen (secondary N) is 1. The van der Waals surface area contributed by atoms with E-state index >= 15 is 0 Å². The molecule has 0 heterocycles. The molecule has 1 aromatic rings. The quantitative estimate of drug-likeness (QED) is 0.776. The molecule has 1 aliphatic rings. The number of nitrogens with zero attached hydrogens (tertiary/aromatic N) is 1. The molecule has 2 amide bonds. The number of carbonyl (C=O) groups excluding carboxylic acids is 2. The van der Waals surface area contributed by atoms with Gasteiger partial charge in [0.15, 0.2) is 0 Å². The van der Waals surface area contributed by atoms with Crippen molar-refractivity contribution in [3.63, 3.8) is 0 Å².